The van der Waals surface area contributed by atoms with Gasteiger partial charge in [0, 0.05) is 55.4 Å². The Morgan fingerprint density at radius 2 is 1.89 bits per heavy atom. The maximum atomic E-state index is 12.7. The lowest BCUT2D eigenvalue weighted by Gasteiger charge is -2.34. The highest BCUT2D eigenvalue weighted by atomic mass is 16.2. The zero-order valence-corrected chi connectivity index (χ0v) is 15.2. The highest BCUT2D eigenvalue weighted by molar-refractivity contribution is 5.94. The third-order valence-electron chi connectivity index (χ3n) is 5.27. The number of fused-ring (bicyclic) bond motifs is 1. The molecule has 27 heavy (non-hydrogen) atoms. The minimum atomic E-state index is 0.0170. The van der Waals surface area contributed by atoms with Crippen LogP contribution in [-0.2, 0) is 6.42 Å². The van der Waals surface area contributed by atoms with Gasteiger partial charge < -0.3 is 9.88 Å². The van der Waals surface area contributed by atoms with Crippen LogP contribution in [0.2, 0.25) is 0 Å². The number of rotatable bonds is 4. The predicted molar refractivity (Wildman–Crippen MR) is 106 cm³/mol. The van der Waals surface area contributed by atoms with E-state index in [4.69, 9.17) is 5.26 Å². The molecular weight excluding hydrogens is 336 g/mol. The van der Waals surface area contributed by atoms with Gasteiger partial charge in [-0.3, -0.25) is 9.69 Å². The number of benzene rings is 2. The standard InChI is InChI=1S/C22H22N4O/c23-15-17-4-3-5-18(14-17)22(27)26-12-10-25(11-13-26)9-8-19-16-24-21-7-2-1-6-20(19)21/h1-7,14,16,24H,8-13H2. The van der Waals surface area contributed by atoms with Crippen LogP contribution in [0.5, 0.6) is 0 Å². The Hall–Kier alpha value is -3.10. The number of carbonyl (C=O) groups is 1. The number of amides is 1. The number of nitrogens with one attached hydrogen (secondary N) is 1. The van der Waals surface area contributed by atoms with Crippen LogP contribution in [0.4, 0.5) is 0 Å². The molecule has 1 saturated heterocycles. The molecule has 3 aromatic rings. The molecule has 0 spiro atoms. The van der Waals surface area contributed by atoms with Gasteiger partial charge in [-0.15, -0.1) is 0 Å². The first-order valence-corrected chi connectivity index (χ1v) is 9.31. The molecule has 0 aliphatic carbocycles. The number of hydrogen-bond donors (Lipinski definition) is 1. The molecular formula is C22H22N4O. The number of aromatic nitrogens is 1. The third-order valence-corrected chi connectivity index (χ3v) is 5.27. The van der Waals surface area contributed by atoms with Gasteiger partial charge in [0.15, 0.2) is 0 Å². The van der Waals surface area contributed by atoms with Crippen LogP contribution < -0.4 is 0 Å². The van der Waals surface area contributed by atoms with Gasteiger partial charge in [-0.1, -0.05) is 24.3 Å². The zero-order chi connectivity index (χ0) is 18.6. The van der Waals surface area contributed by atoms with Crippen LogP contribution in [0, 0.1) is 11.3 Å². The van der Waals surface area contributed by atoms with Crippen LogP contribution in [0.25, 0.3) is 10.9 Å². The van der Waals surface area contributed by atoms with Gasteiger partial charge in [0.1, 0.15) is 0 Å². The predicted octanol–water partition coefficient (Wildman–Crippen LogP) is 3.04. The van der Waals surface area contributed by atoms with Gasteiger partial charge in [-0.2, -0.15) is 5.26 Å². The van der Waals surface area contributed by atoms with Crippen molar-refractivity contribution >= 4 is 16.8 Å². The van der Waals surface area contributed by atoms with Crippen molar-refractivity contribution < 1.29 is 4.79 Å². The van der Waals surface area contributed by atoms with Crippen molar-refractivity contribution in [2.75, 3.05) is 32.7 Å². The van der Waals surface area contributed by atoms with E-state index in [2.05, 4.69) is 40.3 Å². The maximum absolute atomic E-state index is 12.7. The van der Waals surface area contributed by atoms with Gasteiger partial charge in [-0.05, 0) is 36.2 Å². The van der Waals surface area contributed by atoms with E-state index in [1.807, 2.05) is 11.0 Å². The lowest BCUT2D eigenvalue weighted by Crippen LogP contribution is -2.49. The Morgan fingerprint density at radius 1 is 1.07 bits per heavy atom. The fraction of sp³-hybridized carbons (Fsp3) is 0.273. The summed E-state index contributed by atoms with van der Waals surface area (Å²) < 4.78 is 0. The van der Waals surface area contributed by atoms with Crippen molar-refractivity contribution in [3.05, 3.63) is 71.4 Å². The van der Waals surface area contributed by atoms with Crippen LogP contribution in [0.3, 0.4) is 0 Å². The maximum Gasteiger partial charge on any atom is 0.253 e. The van der Waals surface area contributed by atoms with Crippen molar-refractivity contribution in [2.45, 2.75) is 6.42 Å². The first-order chi connectivity index (χ1) is 13.2. The molecule has 4 rings (SSSR count). The molecule has 1 fully saturated rings. The Labute approximate surface area is 158 Å². The molecule has 2 aromatic carbocycles. The zero-order valence-electron chi connectivity index (χ0n) is 15.2. The summed E-state index contributed by atoms with van der Waals surface area (Å²) in [6, 6.07) is 17.4. The Kier molecular flexibility index (Phi) is 4.91. The summed E-state index contributed by atoms with van der Waals surface area (Å²) in [6.07, 6.45) is 3.11. The minimum Gasteiger partial charge on any atom is -0.361 e. The van der Waals surface area contributed by atoms with E-state index < -0.39 is 0 Å². The molecule has 0 saturated carbocycles. The van der Waals surface area contributed by atoms with Crippen molar-refractivity contribution in [3.63, 3.8) is 0 Å². The van der Waals surface area contributed by atoms with E-state index in [-0.39, 0.29) is 5.91 Å². The smallest absolute Gasteiger partial charge is 0.253 e. The van der Waals surface area contributed by atoms with Crippen molar-refractivity contribution in [2.24, 2.45) is 0 Å². The van der Waals surface area contributed by atoms with Gasteiger partial charge in [0.25, 0.3) is 5.91 Å². The number of carbonyl (C=O) groups excluding carboxylic acids is 1. The summed E-state index contributed by atoms with van der Waals surface area (Å²) in [4.78, 5) is 20.3. The average Bonchev–Trinajstić information content (AvgIpc) is 3.15. The summed E-state index contributed by atoms with van der Waals surface area (Å²) in [6.45, 7) is 4.21. The van der Waals surface area contributed by atoms with Crippen LogP contribution in [0.15, 0.2) is 54.7 Å². The monoisotopic (exact) mass is 358 g/mol. The van der Waals surface area contributed by atoms with Gasteiger partial charge in [0.05, 0.1) is 11.6 Å². The molecule has 1 aliphatic heterocycles. The van der Waals surface area contributed by atoms with Crippen molar-refractivity contribution in [1.29, 1.82) is 5.26 Å². The largest absolute Gasteiger partial charge is 0.361 e. The first-order valence-electron chi connectivity index (χ1n) is 9.31. The van der Waals surface area contributed by atoms with E-state index in [0.717, 1.165) is 39.1 Å². The molecule has 2 heterocycles. The van der Waals surface area contributed by atoms with Gasteiger partial charge in [0.2, 0.25) is 0 Å². The molecule has 1 aliphatic rings. The molecule has 136 valence electrons. The molecule has 5 nitrogen and oxygen atoms in total. The SMILES string of the molecule is N#Cc1cccc(C(=O)N2CCN(CCc3c[nH]c4ccccc34)CC2)c1. The van der Waals surface area contributed by atoms with Crippen LogP contribution >= 0.6 is 0 Å². The quantitative estimate of drug-likeness (QED) is 0.780. The lowest BCUT2D eigenvalue weighted by atomic mass is 10.1. The van der Waals surface area contributed by atoms with Crippen LogP contribution in [-0.4, -0.2) is 53.4 Å². The topological polar surface area (TPSA) is 63.1 Å². The second-order valence-electron chi connectivity index (χ2n) is 6.94. The van der Waals surface area contributed by atoms with E-state index in [1.165, 1.54) is 16.5 Å². The number of aromatic amines is 1. The average molecular weight is 358 g/mol. The fourth-order valence-electron chi connectivity index (χ4n) is 3.70. The minimum absolute atomic E-state index is 0.0170. The summed E-state index contributed by atoms with van der Waals surface area (Å²) in [5, 5.41) is 10.3. The summed E-state index contributed by atoms with van der Waals surface area (Å²) in [5.74, 6) is 0.0170. The normalized spacial score (nSPS) is 15.0. The molecule has 0 radical (unpaired) electrons. The molecule has 0 unspecified atom stereocenters. The Morgan fingerprint density at radius 3 is 2.70 bits per heavy atom. The molecule has 5 heteroatoms. The molecule has 1 aromatic heterocycles. The number of para-hydroxylation sites is 1. The summed E-state index contributed by atoms with van der Waals surface area (Å²) >= 11 is 0. The number of H-pyrrole nitrogens is 1. The molecule has 0 atom stereocenters. The van der Waals surface area contributed by atoms with Crippen molar-refractivity contribution in [1.82, 2.24) is 14.8 Å². The molecule has 1 N–H and O–H groups in total. The van der Waals surface area contributed by atoms with E-state index in [1.54, 1.807) is 24.3 Å². The second kappa shape index (κ2) is 7.65. The van der Waals surface area contributed by atoms with Gasteiger partial charge >= 0.3 is 0 Å². The van der Waals surface area contributed by atoms with Gasteiger partial charge in [-0.25, -0.2) is 0 Å². The number of hydrogen-bond acceptors (Lipinski definition) is 3. The highest BCUT2D eigenvalue weighted by Gasteiger charge is 2.22. The Bertz CT molecular complexity index is 993. The molecule has 0 bridgehead atoms. The molecule has 1 amide bonds. The summed E-state index contributed by atoms with van der Waals surface area (Å²) in [7, 11) is 0. The van der Waals surface area contributed by atoms with E-state index >= 15 is 0 Å². The lowest BCUT2D eigenvalue weighted by molar-refractivity contribution is 0.0638. The second-order valence-corrected chi connectivity index (χ2v) is 6.94. The fourth-order valence-corrected chi connectivity index (χ4v) is 3.70. The Balaban J connectivity index is 1.32. The highest BCUT2D eigenvalue weighted by Crippen LogP contribution is 2.19. The number of piperazine rings is 1. The van der Waals surface area contributed by atoms with E-state index in [9.17, 15) is 4.79 Å². The first kappa shape index (κ1) is 17.3. The van der Waals surface area contributed by atoms with Crippen molar-refractivity contribution in [3.8, 4) is 6.07 Å². The number of nitrogens with zero attached hydrogens (tertiary/aromatic N) is 3. The van der Waals surface area contributed by atoms with E-state index in [0.29, 0.717) is 11.1 Å². The third kappa shape index (κ3) is 3.71. The summed E-state index contributed by atoms with van der Waals surface area (Å²) in [5.41, 5.74) is 3.65. The number of nitriles is 1. The van der Waals surface area contributed by atoms with Crippen LogP contribution in [0.1, 0.15) is 21.5 Å².